The molecule has 1 aromatic heterocycles. The molecule has 0 aliphatic rings. The Kier molecular flexibility index (Phi) is 6.57. The van der Waals surface area contributed by atoms with Gasteiger partial charge in [0.05, 0.1) is 11.0 Å². The normalized spacial score (nSPS) is 11.3. The van der Waals surface area contributed by atoms with E-state index in [0.29, 0.717) is 0 Å². The van der Waals surface area contributed by atoms with Gasteiger partial charge in [0.2, 0.25) is 0 Å². The number of fused-ring (bicyclic) bond motifs is 5. The number of nitrogens with zero attached hydrogens (tertiary/aromatic N) is 2. The van der Waals surface area contributed by atoms with E-state index in [9.17, 15) is 0 Å². The van der Waals surface area contributed by atoms with Crippen LogP contribution in [-0.2, 0) is 27.5 Å². The van der Waals surface area contributed by atoms with Crippen LogP contribution in [0.3, 0.4) is 0 Å². The van der Waals surface area contributed by atoms with Crippen LogP contribution in [0.5, 0.6) is 0 Å². The minimum Gasteiger partial charge on any atom is -0.693 e. The molecule has 5 aromatic carbocycles. The zero-order valence-electron chi connectivity index (χ0n) is 19.6. The molecule has 0 spiro atoms. The fourth-order valence-electron chi connectivity index (χ4n) is 4.96. The molecule has 0 aliphatic carbocycles. The van der Waals surface area contributed by atoms with Gasteiger partial charge in [-0.3, -0.25) is 0 Å². The SMILES string of the molecule is C[N-]/C=C\Cc1ccc2c3ccc4cc(-c5ccccc5)ccc4c3n(-c3ccccc3)c2c1.[W]. The van der Waals surface area contributed by atoms with E-state index in [2.05, 4.69) is 125 Å². The Balaban J connectivity index is 0.00000253. The molecular formula is C32H25N2W-. The zero-order chi connectivity index (χ0) is 22.9. The Bertz CT molecular complexity index is 1650. The third-order valence-electron chi connectivity index (χ3n) is 6.54. The van der Waals surface area contributed by atoms with Gasteiger partial charge < -0.3 is 9.88 Å². The summed E-state index contributed by atoms with van der Waals surface area (Å²) in [5.74, 6) is 0. The Hall–Kier alpha value is -3.61. The molecule has 1 heterocycles. The molecule has 0 N–H and O–H groups in total. The van der Waals surface area contributed by atoms with Gasteiger partial charge in [-0.25, -0.2) is 0 Å². The van der Waals surface area contributed by atoms with Crippen molar-refractivity contribution in [3.05, 3.63) is 132 Å². The molecule has 6 aromatic rings. The quantitative estimate of drug-likeness (QED) is 0.184. The van der Waals surface area contributed by atoms with Gasteiger partial charge in [-0.05, 0) is 52.8 Å². The van der Waals surface area contributed by atoms with Crippen LogP contribution in [0.15, 0.2) is 121 Å². The van der Waals surface area contributed by atoms with Crippen molar-refractivity contribution >= 4 is 32.6 Å². The van der Waals surface area contributed by atoms with Gasteiger partial charge in [-0.1, -0.05) is 84.9 Å². The molecule has 2 nitrogen and oxygen atoms in total. The first kappa shape index (κ1) is 23.1. The van der Waals surface area contributed by atoms with Crippen molar-refractivity contribution in [1.29, 1.82) is 0 Å². The molecule has 0 saturated carbocycles. The molecule has 170 valence electrons. The van der Waals surface area contributed by atoms with Crippen LogP contribution in [0.4, 0.5) is 0 Å². The molecule has 0 amide bonds. The average Bonchev–Trinajstić information content (AvgIpc) is 3.23. The zero-order valence-corrected chi connectivity index (χ0v) is 22.5. The number of para-hydroxylation sites is 1. The maximum atomic E-state index is 4.09. The van der Waals surface area contributed by atoms with E-state index in [-0.39, 0.29) is 21.1 Å². The predicted molar refractivity (Wildman–Crippen MR) is 146 cm³/mol. The summed E-state index contributed by atoms with van der Waals surface area (Å²) in [5, 5.41) is 9.17. The smallest absolute Gasteiger partial charge is 0.0619 e. The van der Waals surface area contributed by atoms with Crippen LogP contribution in [0.2, 0.25) is 0 Å². The van der Waals surface area contributed by atoms with Crippen molar-refractivity contribution in [1.82, 2.24) is 4.57 Å². The number of benzene rings is 5. The standard InChI is InChI=1S/C32H25N2.W/c1-33-20-8-9-23-14-17-29-30-19-16-26-22-25(24-10-4-2-5-11-24)15-18-28(26)32(30)34(31(29)21-23)27-12-6-3-7-13-27;/h2-8,10-22H,9H2,1H3;/q-1;/b20-8-;. The van der Waals surface area contributed by atoms with Crippen molar-refractivity contribution in [2.45, 2.75) is 6.42 Å². The third-order valence-corrected chi connectivity index (χ3v) is 6.54. The molecular weight excluding hydrogens is 596 g/mol. The topological polar surface area (TPSA) is 19.0 Å². The maximum Gasteiger partial charge on any atom is 0.0619 e. The fourth-order valence-corrected chi connectivity index (χ4v) is 4.96. The summed E-state index contributed by atoms with van der Waals surface area (Å²) in [6.45, 7) is 0. The second-order valence-electron chi connectivity index (χ2n) is 8.63. The Morgan fingerprint density at radius 1 is 0.686 bits per heavy atom. The summed E-state index contributed by atoms with van der Waals surface area (Å²) in [4.78, 5) is 0. The summed E-state index contributed by atoms with van der Waals surface area (Å²) in [6, 6.07) is 39.5. The number of aromatic nitrogens is 1. The van der Waals surface area contributed by atoms with E-state index >= 15 is 0 Å². The molecule has 6 rings (SSSR count). The van der Waals surface area contributed by atoms with Gasteiger partial charge >= 0.3 is 0 Å². The van der Waals surface area contributed by atoms with Gasteiger partial charge in [0, 0.05) is 42.9 Å². The van der Waals surface area contributed by atoms with Crippen LogP contribution in [0, 0.1) is 0 Å². The van der Waals surface area contributed by atoms with Crippen molar-refractivity contribution in [2.24, 2.45) is 0 Å². The average molecular weight is 621 g/mol. The third kappa shape index (κ3) is 4.20. The first-order valence-corrected chi connectivity index (χ1v) is 11.7. The minimum absolute atomic E-state index is 0. The molecule has 0 bridgehead atoms. The van der Waals surface area contributed by atoms with E-state index in [1.165, 1.54) is 55.0 Å². The number of allylic oxidation sites excluding steroid dienone is 1. The monoisotopic (exact) mass is 621 g/mol. The van der Waals surface area contributed by atoms with Crippen LogP contribution in [-0.4, -0.2) is 11.6 Å². The van der Waals surface area contributed by atoms with Gasteiger partial charge in [0.15, 0.2) is 0 Å². The van der Waals surface area contributed by atoms with E-state index in [1.807, 2.05) is 6.20 Å². The van der Waals surface area contributed by atoms with Gasteiger partial charge in [-0.15, -0.1) is 13.1 Å². The van der Waals surface area contributed by atoms with Gasteiger partial charge in [0.1, 0.15) is 0 Å². The van der Waals surface area contributed by atoms with E-state index < -0.39 is 0 Å². The van der Waals surface area contributed by atoms with Gasteiger partial charge in [0.25, 0.3) is 0 Å². The number of hydrogen-bond donors (Lipinski definition) is 0. The van der Waals surface area contributed by atoms with Crippen molar-refractivity contribution in [3.63, 3.8) is 0 Å². The first-order chi connectivity index (χ1) is 16.8. The van der Waals surface area contributed by atoms with Crippen LogP contribution in [0.1, 0.15) is 5.56 Å². The van der Waals surface area contributed by atoms with E-state index in [4.69, 9.17) is 0 Å². The predicted octanol–water partition coefficient (Wildman–Crippen LogP) is 8.66. The number of rotatable bonds is 5. The molecule has 35 heavy (non-hydrogen) atoms. The molecule has 0 atom stereocenters. The minimum atomic E-state index is 0. The Labute approximate surface area is 220 Å². The maximum absolute atomic E-state index is 4.09. The first-order valence-electron chi connectivity index (χ1n) is 11.7. The van der Waals surface area contributed by atoms with Crippen molar-refractivity contribution in [2.75, 3.05) is 7.05 Å². The van der Waals surface area contributed by atoms with E-state index in [1.54, 1.807) is 7.05 Å². The summed E-state index contributed by atoms with van der Waals surface area (Å²) in [7, 11) is 1.81. The Morgan fingerprint density at radius 2 is 1.40 bits per heavy atom. The fraction of sp³-hybridized carbons (Fsp3) is 0.0625. The second kappa shape index (κ2) is 9.94. The van der Waals surface area contributed by atoms with Crippen LogP contribution in [0.25, 0.3) is 54.7 Å². The Morgan fingerprint density at radius 3 is 2.17 bits per heavy atom. The molecule has 0 unspecified atom stereocenters. The van der Waals surface area contributed by atoms with Gasteiger partial charge in [-0.2, -0.15) is 6.20 Å². The van der Waals surface area contributed by atoms with Crippen molar-refractivity contribution in [3.8, 4) is 16.8 Å². The van der Waals surface area contributed by atoms with E-state index in [0.717, 1.165) is 6.42 Å². The molecule has 0 radical (unpaired) electrons. The molecule has 0 saturated heterocycles. The summed E-state index contributed by atoms with van der Waals surface area (Å²) >= 11 is 0. The molecule has 0 aliphatic heterocycles. The summed E-state index contributed by atoms with van der Waals surface area (Å²) < 4.78 is 2.42. The molecule has 3 heteroatoms. The second-order valence-corrected chi connectivity index (χ2v) is 8.63. The summed E-state index contributed by atoms with van der Waals surface area (Å²) in [5.41, 5.74) is 7.44. The molecule has 0 fully saturated rings. The largest absolute Gasteiger partial charge is 0.693 e. The van der Waals surface area contributed by atoms with Crippen LogP contribution < -0.4 is 0 Å². The number of hydrogen-bond acceptors (Lipinski definition) is 0. The summed E-state index contributed by atoms with van der Waals surface area (Å²) in [6.07, 6.45) is 4.84. The van der Waals surface area contributed by atoms with Crippen LogP contribution >= 0.6 is 0 Å². The van der Waals surface area contributed by atoms with Crippen molar-refractivity contribution < 1.29 is 21.1 Å².